The van der Waals surface area contributed by atoms with Gasteiger partial charge in [-0.1, -0.05) is 60.4 Å². The van der Waals surface area contributed by atoms with Crippen LogP contribution in [0.5, 0.6) is 5.75 Å². The molecule has 0 amide bonds. The van der Waals surface area contributed by atoms with Crippen LogP contribution in [-0.4, -0.2) is 7.11 Å². The van der Waals surface area contributed by atoms with E-state index in [0.717, 1.165) is 24.3 Å². The lowest BCUT2D eigenvalue weighted by molar-refractivity contribution is 0.416. The van der Waals surface area contributed by atoms with Crippen molar-refractivity contribution in [1.82, 2.24) is 0 Å². The molecule has 1 N–H and O–H groups in total. The maximum absolute atomic E-state index is 5.68. The Kier molecular flexibility index (Phi) is 9.02. The van der Waals surface area contributed by atoms with E-state index in [9.17, 15) is 0 Å². The third-order valence-corrected chi connectivity index (χ3v) is 6.89. The summed E-state index contributed by atoms with van der Waals surface area (Å²) in [6.07, 6.45) is 11.2. The Morgan fingerprint density at radius 3 is 2.00 bits per heavy atom. The number of rotatable bonds is 7. The molecule has 2 aliphatic carbocycles. The van der Waals surface area contributed by atoms with E-state index in [-0.39, 0.29) is 0 Å². The molecule has 0 atom stereocenters. The van der Waals surface area contributed by atoms with Crippen LogP contribution in [0.3, 0.4) is 0 Å². The molecule has 32 heavy (non-hydrogen) atoms. The molecule has 2 aromatic rings. The monoisotopic (exact) mass is 431 g/mol. The second-order valence-electron chi connectivity index (χ2n) is 9.34. The number of methoxy groups -OCH3 is 1. The molecule has 0 radical (unpaired) electrons. The normalized spacial score (nSPS) is 14.5. The summed E-state index contributed by atoms with van der Waals surface area (Å²) in [7, 11) is 1.78. The molecule has 2 aromatic carbocycles. The SMILES string of the molecule is CCCC(Nc1ccc(CC(C)=C2CCC2)cc1OC)=C1CCC1.Cc1ccccc1C. The van der Waals surface area contributed by atoms with Crippen LogP contribution in [0.1, 0.15) is 81.9 Å². The predicted octanol–water partition coefficient (Wildman–Crippen LogP) is 8.69. The maximum atomic E-state index is 5.68. The van der Waals surface area contributed by atoms with Gasteiger partial charge >= 0.3 is 0 Å². The predicted molar refractivity (Wildman–Crippen MR) is 139 cm³/mol. The fourth-order valence-electron chi connectivity index (χ4n) is 4.22. The molecule has 0 unspecified atom stereocenters. The highest BCUT2D eigenvalue weighted by molar-refractivity contribution is 5.61. The molecular formula is C30H41NO. The molecule has 0 aliphatic heterocycles. The average Bonchev–Trinajstić information content (AvgIpc) is 2.69. The number of benzene rings is 2. The molecule has 2 nitrogen and oxygen atoms in total. The van der Waals surface area contributed by atoms with E-state index >= 15 is 0 Å². The molecule has 0 spiro atoms. The topological polar surface area (TPSA) is 21.3 Å². The van der Waals surface area contributed by atoms with Crippen molar-refractivity contribution in [2.45, 2.75) is 85.5 Å². The molecule has 0 saturated heterocycles. The first kappa shape index (κ1) is 24.2. The summed E-state index contributed by atoms with van der Waals surface area (Å²) in [6, 6.07) is 15.0. The summed E-state index contributed by atoms with van der Waals surface area (Å²) in [5.41, 5.74) is 11.4. The third-order valence-electron chi connectivity index (χ3n) is 6.89. The molecule has 2 fully saturated rings. The van der Waals surface area contributed by atoms with E-state index in [4.69, 9.17) is 4.74 Å². The second kappa shape index (κ2) is 11.9. The standard InChI is InChI=1S/C22H31NO.C8H10/c1-4-7-20(19-10-6-11-19)23-21-13-12-17(15-22(21)24-3)14-16(2)18-8-5-9-18;1-7-5-3-4-6-8(7)2/h12-13,15,23H,4-11,14H2,1-3H3;3-6H,1-2H3. The van der Waals surface area contributed by atoms with Crippen molar-refractivity contribution in [2.75, 3.05) is 12.4 Å². The van der Waals surface area contributed by atoms with Gasteiger partial charge in [0.05, 0.1) is 12.8 Å². The number of anilines is 1. The number of allylic oxidation sites excluding steroid dienone is 4. The van der Waals surface area contributed by atoms with E-state index in [1.165, 1.54) is 67.3 Å². The maximum Gasteiger partial charge on any atom is 0.142 e. The summed E-state index contributed by atoms with van der Waals surface area (Å²) in [5, 5.41) is 3.67. The summed E-state index contributed by atoms with van der Waals surface area (Å²) in [4.78, 5) is 0. The second-order valence-corrected chi connectivity index (χ2v) is 9.34. The van der Waals surface area contributed by atoms with Gasteiger partial charge in [-0.3, -0.25) is 0 Å². The molecule has 172 valence electrons. The summed E-state index contributed by atoms with van der Waals surface area (Å²) >= 11 is 0. The van der Waals surface area contributed by atoms with Crippen molar-refractivity contribution in [1.29, 1.82) is 0 Å². The van der Waals surface area contributed by atoms with Gasteiger partial charge in [-0.25, -0.2) is 0 Å². The Morgan fingerprint density at radius 1 is 0.906 bits per heavy atom. The largest absolute Gasteiger partial charge is 0.495 e. The quantitative estimate of drug-likeness (QED) is 0.443. The van der Waals surface area contributed by atoms with Gasteiger partial charge in [0.2, 0.25) is 0 Å². The molecule has 2 saturated carbocycles. The van der Waals surface area contributed by atoms with Crippen molar-refractivity contribution < 1.29 is 4.74 Å². The Balaban J connectivity index is 0.000000305. The van der Waals surface area contributed by atoms with Crippen LogP contribution in [-0.2, 0) is 6.42 Å². The van der Waals surface area contributed by atoms with Crippen LogP contribution in [0.15, 0.2) is 64.9 Å². The number of nitrogens with one attached hydrogen (secondary N) is 1. The molecule has 2 aliphatic rings. The van der Waals surface area contributed by atoms with Gasteiger partial charge in [-0.15, -0.1) is 0 Å². The lowest BCUT2D eigenvalue weighted by atomic mass is 9.86. The molecule has 0 bridgehead atoms. The van der Waals surface area contributed by atoms with Crippen molar-refractivity contribution in [3.8, 4) is 5.75 Å². The summed E-state index contributed by atoms with van der Waals surface area (Å²) in [6.45, 7) is 8.77. The zero-order chi connectivity index (χ0) is 22.9. The Bertz CT molecular complexity index is 934. The van der Waals surface area contributed by atoms with E-state index in [1.54, 1.807) is 23.8 Å². The smallest absolute Gasteiger partial charge is 0.142 e. The highest BCUT2D eigenvalue weighted by Gasteiger charge is 2.16. The van der Waals surface area contributed by atoms with Gasteiger partial charge in [0.15, 0.2) is 0 Å². The molecule has 0 heterocycles. The molecule has 0 aromatic heterocycles. The number of aryl methyl sites for hydroxylation is 2. The van der Waals surface area contributed by atoms with Gasteiger partial charge in [0.1, 0.15) is 5.75 Å². The minimum Gasteiger partial charge on any atom is -0.495 e. The zero-order valence-corrected chi connectivity index (χ0v) is 20.8. The number of hydrogen-bond acceptors (Lipinski definition) is 2. The van der Waals surface area contributed by atoms with E-state index in [0.29, 0.717) is 0 Å². The van der Waals surface area contributed by atoms with Gasteiger partial charge in [0, 0.05) is 5.70 Å². The molecule has 4 rings (SSSR count). The van der Waals surface area contributed by atoms with Crippen molar-refractivity contribution in [2.24, 2.45) is 0 Å². The lowest BCUT2D eigenvalue weighted by Crippen LogP contribution is -2.10. The van der Waals surface area contributed by atoms with Gasteiger partial charge in [0.25, 0.3) is 0 Å². The van der Waals surface area contributed by atoms with Crippen molar-refractivity contribution in [3.63, 3.8) is 0 Å². The lowest BCUT2D eigenvalue weighted by Gasteiger charge is -2.24. The third kappa shape index (κ3) is 6.51. The summed E-state index contributed by atoms with van der Waals surface area (Å²) in [5.74, 6) is 0.965. The van der Waals surface area contributed by atoms with Crippen LogP contribution in [0, 0.1) is 13.8 Å². The highest BCUT2D eigenvalue weighted by Crippen LogP contribution is 2.35. The van der Waals surface area contributed by atoms with E-state index in [2.05, 4.69) is 75.5 Å². The van der Waals surface area contributed by atoms with Gasteiger partial charge < -0.3 is 10.1 Å². The Labute approximate surface area is 195 Å². The Morgan fingerprint density at radius 2 is 1.53 bits per heavy atom. The van der Waals surface area contributed by atoms with Crippen molar-refractivity contribution >= 4 is 5.69 Å². The van der Waals surface area contributed by atoms with Crippen molar-refractivity contribution in [3.05, 3.63) is 81.6 Å². The van der Waals surface area contributed by atoms with E-state index in [1.807, 2.05) is 0 Å². The average molecular weight is 432 g/mol. The Hall–Kier alpha value is -2.48. The first-order chi connectivity index (χ1) is 15.5. The van der Waals surface area contributed by atoms with E-state index < -0.39 is 0 Å². The first-order valence-corrected chi connectivity index (χ1v) is 12.4. The van der Waals surface area contributed by atoms with Crippen LogP contribution in [0.25, 0.3) is 0 Å². The molecule has 2 heteroatoms. The number of hydrogen-bond donors (Lipinski definition) is 1. The van der Waals surface area contributed by atoms with Crippen LogP contribution < -0.4 is 10.1 Å². The van der Waals surface area contributed by atoms with Crippen LogP contribution in [0.2, 0.25) is 0 Å². The minimum absolute atomic E-state index is 0.965. The fourth-order valence-corrected chi connectivity index (χ4v) is 4.22. The summed E-state index contributed by atoms with van der Waals surface area (Å²) < 4.78 is 5.68. The fraction of sp³-hybridized carbons (Fsp3) is 0.467. The molecular weight excluding hydrogens is 390 g/mol. The van der Waals surface area contributed by atoms with Gasteiger partial charge in [-0.2, -0.15) is 0 Å². The highest BCUT2D eigenvalue weighted by atomic mass is 16.5. The number of ether oxygens (including phenoxy) is 1. The van der Waals surface area contributed by atoms with Gasteiger partial charge in [-0.05, 0) is 101 Å². The van der Waals surface area contributed by atoms with Crippen LogP contribution >= 0.6 is 0 Å². The van der Waals surface area contributed by atoms with Crippen LogP contribution in [0.4, 0.5) is 5.69 Å². The minimum atomic E-state index is 0.965. The zero-order valence-electron chi connectivity index (χ0n) is 20.8. The first-order valence-electron chi connectivity index (χ1n) is 12.4.